The third kappa shape index (κ3) is 4.23. The predicted molar refractivity (Wildman–Crippen MR) is 101 cm³/mol. The zero-order chi connectivity index (χ0) is 17.8. The molecule has 5 nitrogen and oxygen atoms in total. The Morgan fingerprint density at radius 3 is 2.88 bits per heavy atom. The number of fused-ring (bicyclic) bond motifs is 3. The molecule has 1 aliphatic heterocycles. The lowest BCUT2D eigenvalue weighted by molar-refractivity contribution is 0.265. The van der Waals surface area contributed by atoms with Crippen LogP contribution in [0.4, 0.5) is 5.82 Å². The Labute approximate surface area is 149 Å². The van der Waals surface area contributed by atoms with Crippen LogP contribution in [0.5, 0.6) is 11.5 Å². The molecule has 0 radical (unpaired) electrons. The summed E-state index contributed by atoms with van der Waals surface area (Å²) in [6.07, 6.45) is 2.83. The number of pyridine rings is 1. The van der Waals surface area contributed by atoms with Crippen molar-refractivity contribution in [3.8, 4) is 22.6 Å². The number of hydrogen-bond donors (Lipinski definition) is 2. The quantitative estimate of drug-likeness (QED) is 0.801. The van der Waals surface area contributed by atoms with Crippen molar-refractivity contribution in [3.63, 3.8) is 0 Å². The van der Waals surface area contributed by atoms with Gasteiger partial charge in [0.05, 0.1) is 0 Å². The van der Waals surface area contributed by atoms with E-state index in [1.165, 1.54) is 0 Å². The van der Waals surface area contributed by atoms with Crippen molar-refractivity contribution >= 4 is 5.82 Å². The molecule has 0 amide bonds. The lowest BCUT2D eigenvalue weighted by Gasteiger charge is -2.22. The van der Waals surface area contributed by atoms with Crippen molar-refractivity contribution in [1.29, 1.82) is 0 Å². The first-order chi connectivity index (χ1) is 12.1. The molecule has 2 heterocycles. The molecule has 0 fully saturated rings. The van der Waals surface area contributed by atoms with Crippen molar-refractivity contribution in [2.45, 2.75) is 39.8 Å². The number of nitrogens with one attached hydrogen (secondary N) is 1. The van der Waals surface area contributed by atoms with Crippen LogP contribution in [0.2, 0.25) is 0 Å². The molecule has 25 heavy (non-hydrogen) atoms. The molecule has 3 rings (SSSR count). The highest BCUT2D eigenvalue weighted by molar-refractivity contribution is 5.77. The first-order valence-corrected chi connectivity index (χ1v) is 8.95. The molecular formula is C20H27N3O2. The fourth-order valence-electron chi connectivity index (χ4n) is 3.09. The average molecular weight is 341 g/mol. The third-order valence-corrected chi connectivity index (χ3v) is 4.21. The second kappa shape index (κ2) is 7.74. The Hall–Kier alpha value is -2.27. The summed E-state index contributed by atoms with van der Waals surface area (Å²) in [4.78, 5) is 4.41. The summed E-state index contributed by atoms with van der Waals surface area (Å²) in [6, 6.07) is 8.11. The second-order valence-electron chi connectivity index (χ2n) is 6.90. The van der Waals surface area contributed by atoms with Crippen LogP contribution < -0.4 is 20.5 Å². The van der Waals surface area contributed by atoms with E-state index in [1.807, 2.05) is 24.4 Å². The monoisotopic (exact) mass is 341 g/mol. The average Bonchev–Trinajstić information content (AvgIpc) is 2.59. The number of benzene rings is 1. The first-order valence-electron chi connectivity index (χ1n) is 8.95. The van der Waals surface area contributed by atoms with Crippen molar-refractivity contribution in [1.82, 2.24) is 4.98 Å². The van der Waals surface area contributed by atoms with Crippen LogP contribution >= 0.6 is 0 Å². The minimum atomic E-state index is 0.0476. The Kier molecular flexibility index (Phi) is 5.43. The molecule has 0 saturated carbocycles. The molecule has 2 aromatic rings. The summed E-state index contributed by atoms with van der Waals surface area (Å²) in [5.74, 6) is 3.09. The maximum atomic E-state index is 6.10. The van der Waals surface area contributed by atoms with Gasteiger partial charge < -0.3 is 20.5 Å². The molecule has 1 unspecified atom stereocenters. The Bertz CT molecular complexity index is 731. The molecule has 0 spiro atoms. The van der Waals surface area contributed by atoms with Gasteiger partial charge in [-0.05, 0) is 43.0 Å². The lowest BCUT2D eigenvalue weighted by Crippen LogP contribution is -2.29. The topological polar surface area (TPSA) is 69.4 Å². The number of hydrogen-bond acceptors (Lipinski definition) is 5. The van der Waals surface area contributed by atoms with E-state index in [0.717, 1.165) is 47.0 Å². The Balaban J connectivity index is 1.76. The molecule has 1 aromatic carbocycles. The van der Waals surface area contributed by atoms with Gasteiger partial charge in [0, 0.05) is 36.0 Å². The van der Waals surface area contributed by atoms with Gasteiger partial charge in [-0.2, -0.15) is 0 Å². The smallest absolute Gasteiger partial charge is 0.131 e. The highest BCUT2D eigenvalue weighted by Crippen LogP contribution is 2.40. The van der Waals surface area contributed by atoms with Crippen LogP contribution in [0, 0.1) is 5.92 Å². The molecular weight excluding hydrogens is 314 g/mol. The maximum Gasteiger partial charge on any atom is 0.131 e. The summed E-state index contributed by atoms with van der Waals surface area (Å²) in [5.41, 5.74) is 9.43. The van der Waals surface area contributed by atoms with E-state index in [4.69, 9.17) is 15.2 Å². The summed E-state index contributed by atoms with van der Waals surface area (Å²) < 4.78 is 11.7. The first kappa shape index (κ1) is 17.5. The van der Waals surface area contributed by atoms with Crippen LogP contribution in [0.3, 0.4) is 0 Å². The van der Waals surface area contributed by atoms with Crippen LogP contribution in [0.25, 0.3) is 11.1 Å². The van der Waals surface area contributed by atoms with Gasteiger partial charge in [0.2, 0.25) is 0 Å². The van der Waals surface area contributed by atoms with E-state index in [9.17, 15) is 0 Å². The number of rotatable bonds is 7. The second-order valence-corrected chi connectivity index (χ2v) is 6.90. The molecule has 5 heteroatoms. The Morgan fingerprint density at radius 2 is 2.12 bits per heavy atom. The molecule has 1 atom stereocenters. The lowest BCUT2D eigenvalue weighted by atomic mass is 9.98. The molecule has 1 aromatic heterocycles. The summed E-state index contributed by atoms with van der Waals surface area (Å²) >= 11 is 0. The van der Waals surface area contributed by atoms with E-state index < -0.39 is 0 Å². The van der Waals surface area contributed by atoms with Crippen LogP contribution in [-0.4, -0.2) is 24.2 Å². The highest BCUT2D eigenvalue weighted by atomic mass is 16.5. The molecule has 0 bridgehead atoms. The fourth-order valence-corrected chi connectivity index (χ4v) is 3.09. The predicted octanol–water partition coefficient (Wildman–Crippen LogP) is 3.83. The fraction of sp³-hybridized carbons (Fsp3) is 0.450. The SMILES string of the molecule is CCNc1cc2c(cn1)COc1cc(OCC(N)CC(C)C)ccc1-2. The van der Waals surface area contributed by atoms with Gasteiger partial charge in [-0.15, -0.1) is 0 Å². The van der Waals surface area contributed by atoms with E-state index in [0.29, 0.717) is 19.1 Å². The summed E-state index contributed by atoms with van der Waals surface area (Å²) in [6.45, 7) is 8.28. The zero-order valence-electron chi connectivity index (χ0n) is 15.2. The normalized spacial score (nSPS) is 13.6. The van der Waals surface area contributed by atoms with Crippen molar-refractivity contribution in [2.75, 3.05) is 18.5 Å². The highest BCUT2D eigenvalue weighted by Gasteiger charge is 2.19. The number of aromatic nitrogens is 1. The maximum absolute atomic E-state index is 6.10. The van der Waals surface area contributed by atoms with Gasteiger partial charge in [-0.3, -0.25) is 0 Å². The van der Waals surface area contributed by atoms with Crippen LogP contribution in [0.15, 0.2) is 30.5 Å². The van der Waals surface area contributed by atoms with Gasteiger partial charge >= 0.3 is 0 Å². The van der Waals surface area contributed by atoms with Gasteiger partial charge in [-0.1, -0.05) is 13.8 Å². The largest absolute Gasteiger partial charge is 0.492 e. The van der Waals surface area contributed by atoms with Crippen molar-refractivity contribution in [2.24, 2.45) is 11.7 Å². The molecule has 1 aliphatic rings. The van der Waals surface area contributed by atoms with Gasteiger partial charge in [0.1, 0.15) is 30.5 Å². The Morgan fingerprint density at radius 1 is 1.28 bits per heavy atom. The molecule has 0 aliphatic carbocycles. The third-order valence-electron chi connectivity index (χ3n) is 4.21. The van der Waals surface area contributed by atoms with E-state index in [1.54, 1.807) is 0 Å². The van der Waals surface area contributed by atoms with E-state index in [-0.39, 0.29) is 6.04 Å². The van der Waals surface area contributed by atoms with Crippen molar-refractivity contribution in [3.05, 3.63) is 36.0 Å². The number of nitrogens with two attached hydrogens (primary N) is 1. The summed E-state index contributed by atoms with van der Waals surface area (Å²) in [5, 5.41) is 3.26. The molecule has 134 valence electrons. The molecule has 0 saturated heterocycles. The van der Waals surface area contributed by atoms with Crippen LogP contribution in [0.1, 0.15) is 32.8 Å². The molecule has 3 N–H and O–H groups in total. The van der Waals surface area contributed by atoms with Gasteiger partial charge in [-0.25, -0.2) is 4.98 Å². The van der Waals surface area contributed by atoms with Crippen LogP contribution in [-0.2, 0) is 6.61 Å². The number of anilines is 1. The van der Waals surface area contributed by atoms with Gasteiger partial charge in [0.25, 0.3) is 0 Å². The minimum absolute atomic E-state index is 0.0476. The number of ether oxygens (including phenoxy) is 2. The van der Waals surface area contributed by atoms with E-state index >= 15 is 0 Å². The van der Waals surface area contributed by atoms with E-state index in [2.05, 4.69) is 37.1 Å². The number of nitrogens with zero attached hydrogens (tertiary/aromatic N) is 1. The minimum Gasteiger partial charge on any atom is -0.492 e. The van der Waals surface area contributed by atoms with Gasteiger partial charge in [0.15, 0.2) is 0 Å². The zero-order valence-corrected chi connectivity index (χ0v) is 15.2. The summed E-state index contributed by atoms with van der Waals surface area (Å²) in [7, 11) is 0. The van der Waals surface area contributed by atoms with Crippen molar-refractivity contribution < 1.29 is 9.47 Å². The standard InChI is InChI=1S/C20H27N3O2/c1-4-22-20-9-18-14(10-23-20)11-25-19-8-16(5-6-17(18)19)24-12-15(21)7-13(2)3/h5-6,8-10,13,15H,4,7,11-12,21H2,1-3H3,(H,22,23).